The van der Waals surface area contributed by atoms with Crippen LogP contribution in [0.1, 0.15) is 25.0 Å². The lowest BCUT2D eigenvalue weighted by Crippen LogP contribution is -2.15. The summed E-state index contributed by atoms with van der Waals surface area (Å²) in [5, 5.41) is 7.46. The Bertz CT molecular complexity index is 3690. The zero-order valence-corrected chi connectivity index (χ0v) is 33.3. The van der Waals surface area contributed by atoms with Gasteiger partial charge in [-0.15, -0.1) is 0 Å². The van der Waals surface area contributed by atoms with Gasteiger partial charge >= 0.3 is 0 Å². The second-order valence-corrected chi connectivity index (χ2v) is 16.8. The zero-order valence-electron chi connectivity index (χ0n) is 33.3. The molecule has 0 spiro atoms. The van der Waals surface area contributed by atoms with Gasteiger partial charge in [0.15, 0.2) is 0 Å². The highest BCUT2D eigenvalue weighted by molar-refractivity contribution is 6.14. The summed E-state index contributed by atoms with van der Waals surface area (Å²) in [6.45, 7) is 4.63. The van der Waals surface area contributed by atoms with Gasteiger partial charge in [-0.3, -0.25) is 4.98 Å². The number of aromatic nitrogens is 4. The van der Waals surface area contributed by atoms with Gasteiger partial charge in [-0.25, -0.2) is 0 Å². The van der Waals surface area contributed by atoms with Crippen LogP contribution in [0.2, 0.25) is 0 Å². The number of hydrogen-bond acceptors (Lipinski definition) is 1. The fourth-order valence-electron chi connectivity index (χ4n) is 10.5. The fourth-order valence-corrected chi connectivity index (χ4v) is 10.5. The number of rotatable bonds is 4. The van der Waals surface area contributed by atoms with E-state index < -0.39 is 0 Å². The molecule has 0 atom stereocenters. The molecule has 13 rings (SSSR count). The molecule has 0 radical (unpaired) electrons. The molecule has 0 fully saturated rings. The van der Waals surface area contributed by atoms with Crippen LogP contribution in [-0.4, -0.2) is 18.7 Å². The molecule has 12 aromatic rings. The van der Waals surface area contributed by atoms with Crippen molar-refractivity contribution in [3.63, 3.8) is 0 Å². The largest absolute Gasteiger partial charge is 0.309 e. The highest BCUT2D eigenvalue weighted by Crippen LogP contribution is 2.49. The first-order valence-corrected chi connectivity index (χ1v) is 20.8. The van der Waals surface area contributed by atoms with E-state index in [1.165, 1.54) is 98.9 Å². The molecule has 4 nitrogen and oxygen atoms in total. The topological polar surface area (TPSA) is 27.7 Å². The molecule has 0 bridgehead atoms. The minimum atomic E-state index is -0.112. The van der Waals surface area contributed by atoms with Crippen molar-refractivity contribution in [3.05, 3.63) is 205 Å². The molecule has 0 unspecified atom stereocenters. The number of fused-ring (bicyclic) bond motifs is 12. The second kappa shape index (κ2) is 12.2. The molecule has 1 aliphatic rings. The maximum Gasteiger partial charge on any atom is 0.0746 e. The summed E-state index contributed by atoms with van der Waals surface area (Å²) in [5.74, 6) is 0. The van der Waals surface area contributed by atoms with Crippen LogP contribution in [0.3, 0.4) is 0 Å². The van der Waals surface area contributed by atoms with E-state index >= 15 is 0 Å². The molecular weight excluding hydrogens is 729 g/mol. The lowest BCUT2D eigenvalue weighted by atomic mass is 9.83. The number of pyridine rings is 1. The first-order chi connectivity index (χ1) is 29.5. The molecule has 4 aromatic heterocycles. The molecule has 4 heterocycles. The molecule has 0 saturated heterocycles. The van der Waals surface area contributed by atoms with E-state index in [-0.39, 0.29) is 5.41 Å². The minimum Gasteiger partial charge on any atom is -0.309 e. The standard InChI is InChI=1S/C56H38N4/c1-56(2)47-26-24-38(34-46(47)55-48(56)18-12-30-57-55)60-53-28-23-36(35-22-27-52-43(31-35)42-17-8-11-21-51(42)58(52)37-13-4-3-5-14-37)32-44(53)45-33-39(25-29-54(45)60)59-49-19-9-6-15-40(49)41-16-7-10-20-50(41)59/h3-34H,1-2H3. The summed E-state index contributed by atoms with van der Waals surface area (Å²) in [5.41, 5.74) is 17.8. The summed E-state index contributed by atoms with van der Waals surface area (Å²) < 4.78 is 7.26. The van der Waals surface area contributed by atoms with Gasteiger partial charge in [-0.1, -0.05) is 111 Å². The maximum absolute atomic E-state index is 4.92. The Hall–Kier alpha value is -7.69. The molecule has 1 aliphatic carbocycles. The van der Waals surface area contributed by atoms with Gasteiger partial charge in [0, 0.05) is 66.6 Å². The number of hydrogen-bond donors (Lipinski definition) is 0. The van der Waals surface area contributed by atoms with Gasteiger partial charge in [-0.2, -0.15) is 0 Å². The molecule has 0 amide bonds. The van der Waals surface area contributed by atoms with Crippen molar-refractivity contribution in [2.45, 2.75) is 19.3 Å². The molecule has 0 aliphatic heterocycles. The van der Waals surface area contributed by atoms with Crippen LogP contribution in [0.4, 0.5) is 0 Å². The van der Waals surface area contributed by atoms with Gasteiger partial charge in [-0.05, 0) is 113 Å². The Balaban J connectivity index is 1.06. The maximum atomic E-state index is 4.92. The van der Waals surface area contributed by atoms with E-state index in [0.717, 1.165) is 17.1 Å². The minimum absolute atomic E-state index is 0.112. The Kier molecular flexibility index (Phi) is 6.75. The third-order valence-corrected chi connectivity index (χ3v) is 13.3. The first-order valence-electron chi connectivity index (χ1n) is 20.8. The molecular formula is C56H38N4. The summed E-state index contributed by atoms with van der Waals surface area (Å²) in [6, 6.07) is 69.3. The third-order valence-electron chi connectivity index (χ3n) is 13.3. The first kappa shape index (κ1) is 33.3. The highest BCUT2D eigenvalue weighted by atomic mass is 15.0. The number of para-hydroxylation sites is 4. The van der Waals surface area contributed by atoms with Crippen LogP contribution in [0.5, 0.6) is 0 Å². The SMILES string of the molecule is CC1(C)c2ccc(-n3c4ccc(-c5ccc6c(c5)c5ccccc5n6-c5ccccc5)cc4c4cc(-n5c6ccccc6c6ccccc65)ccc43)cc2-c2ncccc21. The van der Waals surface area contributed by atoms with Crippen molar-refractivity contribution >= 4 is 65.4 Å². The molecule has 4 heteroatoms. The summed E-state index contributed by atoms with van der Waals surface area (Å²) in [6.07, 6.45) is 1.92. The van der Waals surface area contributed by atoms with Crippen LogP contribution in [0.15, 0.2) is 194 Å². The molecule has 8 aromatic carbocycles. The predicted molar refractivity (Wildman–Crippen MR) is 250 cm³/mol. The zero-order chi connectivity index (χ0) is 39.7. The van der Waals surface area contributed by atoms with Crippen molar-refractivity contribution < 1.29 is 0 Å². The average Bonchev–Trinajstić information content (AvgIpc) is 3.99. The Labute approximate surface area is 346 Å². The Morgan fingerprint density at radius 3 is 1.45 bits per heavy atom. The molecule has 282 valence electrons. The van der Waals surface area contributed by atoms with Crippen LogP contribution < -0.4 is 0 Å². The normalized spacial score (nSPS) is 13.3. The molecule has 0 saturated carbocycles. The monoisotopic (exact) mass is 766 g/mol. The van der Waals surface area contributed by atoms with Crippen molar-refractivity contribution in [2.24, 2.45) is 0 Å². The van der Waals surface area contributed by atoms with Crippen molar-refractivity contribution in [2.75, 3.05) is 0 Å². The van der Waals surface area contributed by atoms with Gasteiger partial charge in [0.2, 0.25) is 0 Å². The fraction of sp³-hybridized carbons (Fsp3) is 0.0536. The quantitative estimate of drug-likeness (QED) is 0.175. The van der Waals surface area contributed by atoms with E-state index in [9.17, 15) is 0 Å². The van der Waals surface area contributed by atoms with E-state index in [1.807, 2.05) is 6.20 Å². The number of nitrogens with zero attached hydrogens (tertiary/aromatic N) is 4. The van der Waals surface area contributed by atoms with Crippen LogP contribution in [0.25, 0.3) is 105 Å². The average molecular weight is 767 g/mol. The van der Waals surface area contributed by atoms with Gasteiger partial charge in [0.1, 0.15) is 0 Å². The van der Waals surface area contributed by atoms with E-state index in [1.54, 1.807) is 0 Å². The van der Waals surface area contributed by atoms with Gasteiger partial charge < -0.3 is 13.7 Å². The van der Waals surface area contributed by atoms with Gasteiger partial charge in [0.05, 0.1) is 38.8 Å². The third kappa shape index (κ3) is 4.53. The smallest absolute Gasteiger partial charge is 0.0746 e. The van der Waals surface area contributed by atoms with E-state index in [4.69, 9.17) is 4.98 Å². The van der Waals surface area contributed by atoms with Crippen LogP contribution in [0, 0.1) is 0 Å². The van der Waals surface area contributed by atoms with Crippen molar-refractivity contribution in [1.82, 2.24) is 18.7 Å². The Morgan fingerprint density at radius 1 is 0.350 bits per heavy atom. The summed E-state index contributed by atoms with van der Waals surface area (Å²) in [7, 11) is 0. The second-order valence-electron chi connectivity index (χ2n) is 16.8. The lowest BCUT2D eigenvalue weighted by Gasteiger charge is -2.21. The summed E-state index contributed by atoms with van der Waals surface area (Å²) in [4.78, 5) is 4.92. The van der Waals surface area contributed by atoms with Crippen molar-refractivity contribution in [3.8, 4) is 39.4 Å². The van der Waals surface area contributed by atoms with Crippen LogP contribution >= 0.6 is 0 Å². The van der Waals surface area contributed by atoms with Crippen LogP contribution in [-0.2, 0) is 5.41 Å². The number of benzene rings is 8. The van der Waals surface area contributed by atoms with E-state index in [0.29, 0.717) is 0 Å². The molecule has 0 N–H and O–H groups in total. The summed E-state index contributed by atoms with van der Waals surface area (Å²) >= 11 is 0. The Morgan fingerprint density at radius 2 is 0.817 bits per heavy atom. The predicted octanol–water partition coefficient (Wildman–Crippen LogP) is 14.3. The van der Waals surface area contributed by atoms with E-state index in [2.05, 4.69) is 216 Å². The van der Waals surface area contributed by atoms with Crippen molar-refractivity contribution in [1.29, 1.82) is 0 Å². The highest BCUT2D eigenvalue weighted by Gasteiger charge is 2.36. The lowest BCUT2D eigenvalue weighted by molar-refractivity contribution is 0.659. The van der Waals surface area contributed by atoms with Gasteiger partial charge in [0.25, 0.3) is 0 Å². The molecule has 60 heavy (non-hydrogen) atoms.